The van der Waals surface area contributed by atoms with Gasteiger partial charge in [0.15, 0.2) is 9.84 Å². The first-order valence-corrected chi connectivity index (χ1v) is 8.16. The second-order valence-electron chi connectivity index (χ2n) is 5.86. The van der Waals surface area contributed by atoms with Crippen LogP contribution >= 0.6 is 0 Å². The molecule has 2 aliphatic rings. The molecule has 0 spiro atoms. The summed E-state index contributed by atoms with van der Waals surface area (Å²) in [5.41, 5.74) is 9.41. The maximum absolute atomic E-state index is 11.3. The van der Waals surface area contributed by atoms with Crippen molar-refractivity contribution in [2.24, 2.45) is 5.73 Å². The number of aromatic nitrogens is 2. The van der Waals surface area contributed by atoms with E-state index in [4.69, 9.17) is 5.73 Å². The van der Waals surface area contributed by atoms with Crippen molar-refractivity contribution in [2.75, 3.05) is 11.5 Å². The van der Waals surface area contributed by atoms with Crippen LogP contribution in [-0.4, -0.2) is 35.2 Å². The second-order valence-corrected chi connectivity index (χ2v) is 8.02. The van der Waals surface area contributed by atoms with Crippen LogP contribution in [0, 0.1) is 13.8 Å². The van der Waals surface area contributed by atoms with Crippen LogP contribution in [0.4, 0.5) is 0 Å². The van der Waals surface area contributed by atoms with E-state index in [0.717, 1.165) is 30.7 Å². The number of sulfone groups is 1. The van der Waals surface area contributed by atoms with Crippen LogP contribution in [0.15, 0.2) is 0 Å². The highest BCUT2D eigenvalue weighted by molar-refractivity contribution is 7.92. The van der Waals surface area contributed by atoms with Crippen molar-refractivity contribution in [3.63, 3.8) is 0 Å². The minimum absolute atomic E-state index is 0.0235. The highest BCUT2D eigenvalue weighted by Gasteiger charge is 2.41. The first-order chi connectivity index (χ1) is 8.30. The highest BCUT2D eigenvalue weighted by atomic mass is 32.2. The van der Waals surface area contributed by atoms with Crippen molar-refractivity contribution in [2.45, 2.75) is 44.7 Å². The Balaban J connectivity index is 1.86. The van der Waals surface area contributed by atoms with Crippen LogP contribution < -0.4 is 5.73 Å². The number of nitrogens with two attached hydrogens (primary N) is 1. The third kappa shape index (κ3) is 1.97. The number of rotatable bonds is 3. The lowest BCUT2D eigenvalue weighted by molar-refractivity contribution is 0.463. The average Bonchev–Trinajstić information content (AvgIpc) is 2.90. The molecule has 0 radical (unpaired) electrons. The Morgan fingerprint density at radius 3 is 2.50 bits per heavy atom. The largest absolute Gasteiger partial charge is 0.325 e. The van der Waals surface area contributed by atoms with Crippen LogP contribution in [0.5, 0.6) is 0 Å². The van der Waals surface area contributed by atoms with Gasteiger partial charge in [0, 0.05) is 11.2 Å². The molecule has 2 N–H and O–H groups in total. The molecule has 0 atom stereocenters. The Labute approximate surface area is 107 Å². The zero-order chi connectivity index (χ0) is 13.1. The quantitative estimate of drug-likeness (QED) is 0.867. The molecule has 1 aliphatic heterocycles. The Morgan fingerprint density at radius 2 is 2.00 bits per heavy atom. The molecule has 2 heterocycles. The Bertz CT molecular complexity index is 587. The Hall–Kier alpha value is -0.880. The van der Waals surface area contributed by atoms with Gasteiger partial charge in [0.05, 0.1) is 23.2 Å². The molecule has 0 unspecified atom stereocenters. The topological polar surface area (TPSA) is 78.0 Å². The molecule has 100 valence electrons. The van der Waals surface area contributed by atoms with E-state index in [-0.39, 0.29) is 23.1 Å². The zero-order valence-corrected chi connectivity index (χ0v) is 11.6. The molecule has 0 bridgehead atoms. The third-order valence-corrected chi connectivity index (χ3v) is 5.92. The van der Waals surface area contributed by atoms with E-state index in [1.54, 1.807) is 0 Å². The van der Waals surface area contributed by atoms with Crippen molar-refractivity contribution in [1.82, 2.24) is 9.78 Å². The summed E-state index contributed by atoms with van der Waals surface area (Å²) in [6, 6.07) is 0.0235. The molecule has 2 fully saturated rings. The zero-order valence-electron chi connectivity index (χ0n) is 10.8. The maximum Gasteiger partial charge on any atom is 0.154 e. The smallest absolute Gasteiger partial charge is 0.154 e. The highest BCUT2D eigenvalue weighted by Crippen LogP contribution is 2.37. The Morgan fingerprint density at radius 1 is 1.39 bits per heavy atom. The van der Waals surface area contributed by atoms with E-state index in [9.17, 15) is 8.42 Å². The monoisotopic (exact) mass is 269 g/mol. The van der Waals surface area contributed by atoms with Crippen LogP contribution in [0.25, 0.3) is 0 Å². The SMILES string of the molecule is Cc1nn(C2CS(=O)(=O)C2)c(C)c1CC1(N)CC1. The van der Waals surface area contributed by atoms with E-state index >= 15 is 0 Å². The number of hydrogen-bond acceptors (Lipinski definition) is 4. The van der Waals surface area contributed by atoms with Crippen molar-refractivity contribution >= 4 is 9.84 Å². The van der Waals surface area contributed by atoms with E-state index < -0.39 is 9.84 Å². The maximum atomic E-state index is 11.3. The first kappa shape index (κ1) is 12.2. The predicted molar refractivity (Wildman–Crippen MR) is 69.2 cm³/mol. The van der Waals surface area contributed by atoms with Gasteiger partial charge in [0.1, 0.15) is 0 Å². The van der Waals surface area contributed by atoms with Gasteiger partial charge in [-0.2, -0.15) is 5.10 Å². The summed E-state index contributed by atoms with van der Waals surface area (Å²) in [6.07, 6.45) is 3.02. The lowest BCUT2D eigenvalue weighted by atomic mass is 10.0. The summed E-state index contributed by atoms with van der Waals surface area (Å²) < 4.78 is 24.4. The summed E-state index contributed by atoms with van der Waals surface area (Å²) in [5.74, 6) is 0.449. The van der Waals surface area contributed by atoms with E-state index in [0.29, 0.717) is 0 Å². The number of aryl methyl sites for hydroxylation is 1. The lowest BCUT2D eigenvalue weighted by Crippen LogP contribution is -2.39. The van der Waals surface area contributed by atoms with Gasteiger partial charge >= 0.3 is 0 Å². The van der Waals surface area contributed by atoms with Crippen molar-refractivity contribution < 1.29 is 8.42 Å². The van der Waals surface area contributed by atoms with E-state index in [1.165, 1.54) is 5.56 Å². The molecule has 1 aromatic rings. The van der Waals surface area contributed by atoms with Crippen LogP contribution in [0.1, 0.15) is 35.8 Å². The summed E-state index contributed by atoms with van der Waals surface area (Å²) >= 11 is 0. The van der Waals surface area contributed by atoms with E-state index in [2.05, 4.69) is 5.10 Å². The first-order valence-electron chi connectivity index (χ1n) is 6.34. The number of nitrogens with zero attached hydrogens (tertiary/aromatic N) is 2. The summed E-state index contributed by atoms with van der Waals surface area (Å²) in [4.78, 5) is 0. The lowest BCUT2D eigenvalue weighted by Gasteiger charge is -2.27. The molecule has 1 saturated heterocycles. The van der Waals surface area contributed by atoms with Gasteiger partial charge in [0.25, 0.3) is 0 Å². The minimum Gasteiger partial charge on any atom is -0.325 e. The molecule has 5 nitrogen and oxygen atoms in total. The van der Waals surface area contributed by atoms with Gasteiger partial charge < -0.3 is 5.73 Å². The molecule has 18 heavy (non-hydrogen) atoms. The molecule has 1 saturated carbocycles. The fourth-order valence-corrected chi connectivity index (χ4v) is 4.03. The van der Waals surface area contributed by atoms with Crippen molar-refractivity contribution in [3.05, 3.63) is 17.0 Å². The van der Waals surface area contributed by atoms with Gasteiger partial charge in [-0.1, -0.05) is 0 Å². The van der Waals surface area contributed by atoms with Gasteiger partial charge in [0.2, 0.25) is 0 Å². The third-order valence-electron chi connectivity index (χ3n) is 4.13. The van der Waals surface area contributed by atoms with Crippen molar-refractivity contribution in [3.8, 4) is 0 Å². The van der Waals surface area contributed by atoms with Crippen LogP contribution in [0.3, 0.4) is 0 Å². The van der Waals surface area contributed by atoms with Gasteiger partial charge in [-0.3, -0.25) is 4.68 Å². The normalized spacial score (nSPS) is 24.8. The van der Waals surface area contributed by atoms with Crippen molar-refractivity contribution in [1.29, 1.82) is 0 Å². The average molecular weight is 269 g/mol. The molecular formula is C12H19N3O2S. The van der Waals surface area contributed by atoms with Crippen LogP contribution in [0.2, 0.25) is 0 Å². The molecule has 1 aliphatic carbocycles. The fraction of sp³-hybridized carbons (Fsp3) is 0.750. The van der Waals surface area contributed by atoms with Gasteiger partial charge in [-0.15, -0.1) is 0 Å². The van der Waals surface area contributed by atoms with Gasteiger partial charge in [-0.05, 0) is 38.7 Å². The summed E-state index contributed by atoms with van der Waals surface area (Å²) in [7, 11) is -2.81. The van der Waals surface area contributed by atoms with Crippen LogP contribution in [-0.2, 0) is 16.3 Å². The van der Waals surface area contributed by atoms with E-state index in [1.807, 2.05) is 18.5 Å². The predicted octanol–water partition coefficient (Wildman–Crippen LogP) is 0.503. The second kappa shape index (κ2) is 3.57. The molecular weight excluding hydrogens is 250 g/mol. The Kier molecular flexibility index (Phi) is 2.41. The molecule has 0 aromatic carbocycles. The molecule has 0 amide bonds. The molecule has 1 aromatic heterocycles. The van der Waals surface area contributed by atoms with Gasteiger partial charge in [-0.25, -0.2) is 8.42 Å². The minimum atomic E-state index is -2.81. The molecule has 6 heteroatoms. The summed E-state index contributed by atoms with van der Waals surface area (Å²) in [5, 5.41) is 4.51. The number of hydrogen-bond donors (Lipinski definition) is 1. The fourth-order valence-electron chi connectivity index (χ4n) is 2.68. The molecule has 3 rings (SSSR count). The summed E-state index contributed by atoms with van der Waals surface area (Å²) in [6.45, 7) is 4.00. The standard InChI is InChI=1S/C12H19N3O2S/c1-8-11(5-12(13)3-4-12)9(2)15(14-8)10-6-18(16,17)7-10/h10H,3-7,13H2,1-2H3.